The molecule has 0 saturated carbocycles. The Bertz CT molecular complexity index is 316. The van der Waals surface area contributed by atoms with Gasteiger partial charge in [-0.3, -0.25) is 0 Å². The maximum absolute atomic E-state index is 13.1. The summed E-state index contributed by atoms with van der Waals surface area (Å²) < 4.78 is 13.1. The van der Waals surface area contributed by atoms with Gasteiger partial charge in [-0.15, -0.1) is 0 Å². The zero-order valence-electron chi connectivity index (χ0n) is 7.99. The zero-order valence-corrected chi connectivity index (χ0v) is 7.99. The quantitative estimate of drug-likeness (QED) is 0.743. The van der Waals surface area contributed by atoms with E-state index < -0.39 is 6.17 Å². The number of phenolic OH excluding ortho intramolecular Hbond substituents is 1. The Kier molecular flexibility index (Phi) is 2.57. The molecule has 3 heteroatoms. The summed E-state index contributed by atoms with van der Waals surface area (Å²) in [5.74, 6) is 0.239. The van der Waals surface area contributed by atoms with Crippen LogP contribution in [-0.2, 0) is 0 Å². The van der Waals surface area contributed by atoms with Crippen LogP contribution in [0.4, 0.5) is 10.1 Å². The number of halogens is 1. The molecule has 1 saturated heterocycles. The first kappa shape index (κ1) is 9.31. The van der Waals surface area contributed by atoms with Crippen molar-refractivity contribution in [1.82, 2.24) is 0 Å². The van der Waals surface area contributed by atoms with Gasteiger partial charge in [0, 0.05) is 24.8 Å². The van der Waals surface area contributed by atoms with Crippen LogP contribution < -0.4 is 4.90 Å². The molecule has 1 aromatic rings. The standard InChI is InChI=1S/C11H14FNO/c12-9-3-2-6-13(8-9)10-4-1-5-11(14)7-10/h1,4-5,7,9,14H,2-3,6,8H2. The molecule has 1 aromatic carbocycles. The van der Waals surface area contributed by atoms with E-state index in [9.17, 15) is 9.50 Å². The lowest BCUT2D eigenvalue weighted by Crippen LogP contribution is -2.36. The highest BCUT2D eigenvalue weighted by Gasteiger charge is 2.19. The largest absolute Gasteiger partial charge is 0.508 e. The molecule has 0 aromatic heterocycles. The van der Waals surface area contributed by atoms with E-state index >= 15 is 0 Å². The third-order valence-corrected chi connectivity index (χ3v) is 2.56. The minimum absolute atomic E-state index is 0.239. The molecular weight excluding hydrogens is 181 g/mol. The topological polar surface area (TPSA) is 23.5 Å². The lowest BCUT2D eigenvalue weighted by atomic mass is 10.1. The van der Waals surface area contributed by atoms with Crippen molar-refractivity contribution in [2.45, 2.75) is 19.0 Å². The first-order valence-corrected chi connectivity index (χ1v) is 4.94. The fourth-order valence-corrected chi connectivity index (χ4v) is 1.85. The van der Waals surface area contributed by atoms with Crippen molar-refractivity contribution < 1.29 is 9.50 Å². The van der Waals surface area contributed by atoms with Gasteiger partial charge in [0.25, 0.3) is 0 Å². The Hall–Kier alpha value is -1.25. The van der Waals surface area contributed by atoms with Crippen LogP contribution in [0, 0.1) is 0 Å². The van der Waals surface area contributed by atoms with Gasteiger partial charge in [-0.05, 0) is 25.0 Å². The molecule has 14 heavy (non-hydrogen) atoms. The minimum atomic E-state index is -0.730. The van der Waals surface area contributed by atoms with E-state index in [4.69, 9.17) is 0 Å². The monoisotopic (exact) mass is 195 g/mol. The van der Waals surface area contributed by atoms with E-state index in [0.717, 1.165) is 18.7 Å². The maximum atomic E-state index is 13.1. The Morgan fingerprint density at radius 2 is 2.29 bits per heavy atom. The van der Waals surface area contributed by atoms with E-state index in [1.54, 1.807) is 18.2 Å². The van der Waals surface area contributed by atoms with Gasteiger partial charge in [0.2, 0.25) is 0 Å². The normalized spacial score (nSPS) is 22.4. The number of benzene rings is 1. The summed E-state index contributed by atoms with van der Waals surface area (Å²) in [5.41, 5.74) is 0.910. The van der Waals surface area contributed by atoms with Crippen molar-refractivity contribution >= 4 is 5.69 Å². The van der Waals surface area contributed by atoms with Gasteiger partial charge in [-0.1, -0.05) is 6.07 Å². The molecule has 1 heterocycles. The van der Waals surface area contributed by atoms with E-state index in [-0.39, 0.29) is 5.75 Å². The number of alkyl halides is 1. The van der Waals surface area contributed by atoms with Crippen molar-refractivity contribution in [3.8, 4) is 5.75 Å². The zero-order chi connectivity index (χ0) is 9.97. The molecule has 2 rings (SSSR count). The van der Waals surface area contributed by atoms with Gasteiger partial charge in [0.05, 0.1) is 0 Å². The Morgan fingerprint density at radius 3 is 3.00 bits per heavy atom. The summed E-state index contributed by atoms with van der Waals surface area (Å²) in [6.07, 6.45) is 0.817. The first-order valence-electron chi connectivity index (χ1n) is 4.94. The molecule has 0 radical (unpaired) electrons. The van der Waals surface area contributed by atoms with E-state index in [1.165, 1.54) is 0 Å². The SMILES string of the molecule is Oc1cccc(N2CCCC(F)C2)c1. The van der Waals surface area contributed by atoms with Crippen LogP contribution in [0.3, 0.4) is 0 Å². The van der Waals surface area contributed by atoms with Crippen molar-refractivity contribution in [1.29, 1.82) is 0 Å². The fraction of sp³-hybridized carbons (Fsp3) is 0.455. The predicted molar refractivity (Wildman–Crippen MR) is 54.4 cm³/mol. The third kappa shape index (κ3) is 1.97. The summed E-state index contributed by atoms with van der Waals surface area (Å²) in [6, 6.07) is 6.99. The summed E-state index contributed by atoms with van der Waals surface area (Å²) in [4.78, 5) is 1.98. The van der Waals surface area contributed by atoms with Gasteiger partial charge in [0.15, 0.2) is 0 Å². The van der Waals surface area contributed by atoms with Gasteiger partial charge in [-0.25, -0.2) is 4.39 Å². The van der Waals surface area contributed by atoms with Gasteiger partial charge in [0.1, 0.15) is 11.9 Å². The Labute approximate surface area is 83.0 Å². The average molecular weight is 195 g/mol. The van der Waals surface area contributed by atoms with Gasteiger partial charge >= 0.3 is 0 Å². The van der Waals surface area contributed by atoms with Crippen LogP contribution in [0.15, 0.2) is 24.3 Å². The average Bonchev–Trinajstić information content (AvgIpc) is 2.18. The minimum Gasteiger partial charge on any atom is -0.508 e. The summed E-state index contributed by atoms with van der Waals surface area (Å²) in [7, 11) is 0. The van der Waals surface area contributed by atoms with E-state index in [0.29, 0.717) is 13.0 Å². The Balaban J connectivity index is 2.14. The molecule has 1 N–H and O–H groups in total. The van der Waals surface area contributed by atoms with Crippen LogP contribution in [0.2, 0.25) is 0 Å². The van der Waals surface area contributed by atoms with Crippen LogP contribution in [0.25, 0.3) is 0 Å². The molecule has 2 nitrogen and oxygen atoms in total. The molecule has 0 spiro atoms. The van der Waals surface area contributed by atoms with Crippen molar-refractivity contribution in [2.75, 3.05) is 18.0 Å². The van der Waals surface area contributed by atoms with Crippen LogP contribution in [0.5, 0.6) is 5.75 Å². The molecule has 0 bridgehead atoms. The number of rotatable bonds is 1. The smallest absolute Gasteiger partial charge is 0.118 e. The number of nitrogens with zero attached hydrogens (tertiary/aromatic N) is 1. The molecule has 0 aliphatic carbocycles. The first-order chi connectivity index (χ1) is 6.75. The van der Waals surface area contributed by atoms with Crippen LogP contribution in [0.1, 0.15) is 12.8 Å². The summed E-state index contributed by atoms with van der Waals surface area (Å²) in [6.45, 7) is 1.33. The van der Waals surface area contributed by atoms with E-state index in [1.807, 2.05) is 11.0 Å². The summed E-state index contributed by atoms with van der Waals surface area (Å²) in [5, 5.41) is 9.29. The third-order valence-electron chi connectivity index (χ3n) is 2.56. The van der Waals surface area contributed by atoms with Gasteiger partial charge in [-0.2, -0.15) is 0 Å². The molecule has 1 aliphatic heterocycles. The second-order valence-corrected chi connectivity index (χ2v) is 3.71. The highest BCUT2D eigenvalue weighted by Crippen LogP contribution is 2.24. The Morgan fingerprint density at radius 1 is 1.43 bits per heavy atom. The number of hydrogen-bond acceptors (Lipinski definition) is 2. The predicted octanol–water partition coefficient (Wildman–Crippen LogP) is 2.33. The molecular formula is C11H14FNO. The number of anilines is 1. The lowest BCUT2D eigenvalue weighted by Gasteiger charge is -2.30. The summed E-state index contributed by atoms with van der Waals surface area (Å²) >= 11 is 0. The molecule has 1 aliphatic rings. The highest BCUT2D eigenvalue weighted by molar-refractivity contribution is 5.50. The number of piperidine rings is 1. The second-order valence-electron chi connectivity index (χ2n) is 3.71. The highest BCUT2D eigenvalue weighted by atomic mass is 19.1. The van der Waals surface area contributed by atoms with Crippen LogP contribution >= 0.6 is 0 Å². The van der Waals surface area contributed by atoms with Crippen molar-refractivity contribution in [3.63, 3.8) is 0 Å². The molecule has 1 unspecified atom stereocenters. The fourth-order valence-electron chi connectivity index (χ4n) is 1.85. The maximum Gasteiger partial charge on any atom is 0.118 e. The lowest BCUT2D eigenvalue weighted by molar-refractivity contribution is 0.286. The molecule has 76 valence electrons. The number of aromatic hydroxyl groups is 1. The number of phenols is 1. The molecule has 0 amide bonds. The van der Waals surface area contributed by atoms with Crippen molar-refractivity contribution in [2.24, 2.45) is 0 Å². The molecule has 1 atom stereocenters. The molecule has 1 fully saturated rings. The van der Waals surface area contributed by atoms with Gasteiger partial charge < -0.3 is 10.0 Å². The second kappa shape index (κ2) is 3.86. The number of hydrogen-bond donors (Lipinski definition) is 1. The van der Waals surface area contributed by atoms with E-state index in [2.05, 4.69) is 0 Å². The van der Waals surface area contributed by atoms with Crippen molar-refractivity contribution in [3.05, 3.63) is 24.3 Å². The van der Waals surface area contributed by atoms with Crippen LogP contribution in [-0.4, -0.2) is 24.4 Å².